The van der Waals surface area contributed by atoms with Gasteiger partial charge in [0.15, 0.2) is 0 Å². The van der Waals surface area contributed by atoms with Crippen LogP contribution in [0, 0.1) is 5.92 Å². The average Bonchev–Trinajstić information content (AvgIpc) is 3.09. The third-order valence-electron chi connectivity index (χ3n) is 8.84. The number of dihydropyridines is 1. The second kappa shape index (κ2) is 11.0. The molecule has 5 aromatic rings. The van der Waals surface area contributed by atoms with Crippen LogP contribution < -0.4 is 0 Å². The summed E-state index contributed by atoms with van der Waals surface area (Å²) >= 11 is 0. The van der Waals surface area contributed by atoms with E-state index in [-0.39, 0.29) is 12.0 Å². The number of pyridine rings is 2. The SMILES string of the molecule is C=C/C(=C\N=C\c1ccnc2c1C=CC1C=CC=NC21)c1cccc(-c2nc3ccccc3c3c4c(ccc23)C=CCC4)c1. The molecular weight excluding hydrogens is 536 g/mol. The molecule has 0 spiro atoms. The van der Waals surface area contributed by atoms with Crippen LogP contribution in [0.2, 0.25) is 0 Å². The van der Waals surface area contributed by atoms with E-state index in [1.54, 1.807) is 0 Å². The van der Waals surface area contributed by atoms with Crippen molar-refractivity contribution in [3.63, 3.8) is 0 Å². The van der Waals surface area contributed by atoms with Gasteiger partial charge >= 0.3 is 0 Å². The topological polar surface area (TPSA) is 50.5 Å². The summed E-state index contributed by atoms with van der Waals surface area (Å²) in [5.41, 5.74) is 10.9. The molecule has 0 N–H and O–H groups in total. The summed E-state index contributed by atoms with van der Waals surface area (Å²) in [4.78, 5) is 19.3. The van der Waals surface area contributed by atoms with E-state index >= 15 is 0 Å². The molecule has 2 atom stereocenters. The Morgan fingerprint density at radius 3 is 2.86 bits per heavy atom. The molecular formula is C40H30N4. The predicted molar refractivity (Wildman–Crippen MR) is 185 cm³/mol. The molecule has 3 aromatic carbocycles. The summed E-state index contributed by atoms with van der Waals surface area (Å²) < 4.78 is 0. The van der Waals surface area contributed by atoms with Gasteiger partial charge in [-0.25, -0.2) is 4.98 Å². The van der Waals surface area contributed by atoms with E-state index in [0.29, 0.717) is 0 Å². The number of nitrogens with zero attached hydrogens (tertiary/aromatic N) is 4. The van der Waals surface area contributed by atoms with Gasteiger partial charge in [-0.1, -0.05) is 91.6 Å². The van der Waals surface area contributed by atoms with E-state index in [9.17, 15) is 0 Å². The monoisotopic (exact) mass is 566 g/mol. The Balaban J connectivity index is 1.18. The molecule has 2 aromatic heterocycles. The van der Waals surface area contributed by atoms with Crippen LogP contribution in [0.25, 0.3) is 50.7 Å². The Morgan fingerprint density at radius 1 is 0.955 bits per heavy atom. The van der Waals surface area contributed by atoms with Crippen molar-refractivity contribution in [2.24, 2.45) is 15.9 Å². The summed E-state index contributed by atoms with van der Waals surface area (Å²) in [7, 11) is 0. The summed E-state index contributed by atoms with van der Waals surface area (Å²) in [5, 5.41) is 3.72. The minimum atomic E-state index is 0.0251. The van der Waals surface area contributed by atoms with Crippen molar-refractivity contribution in [3.8, 4) is 11.3 Å². The van der Waals surface area contributed by atoms with E-state index in [0.717, 1.165) is 57.6 Å². The predicted octanol–water partition coefficient (Wildman–Crippen LogP) is 9.38. The van der Waals surface area contributed by atoms with E-state index < -0.39 is 0 Å². The van der Waals surface area contributed by atoms with Gasteiger partial charge in [-0.15, -0.1) is 0 Å². The second-order valence-corrected chi connectivity index (χ2v) is 11.4. The lowest BCUT2D eigenvalue weighted by Crippen LogP contribution is -2.16. The Labute approximate surface area is 257 Å². The van der Waals surface area contributed by atoms with Crippen molar-refractivity contribution in [3.05, 3.63) is 150 Å². The fourth-order valence-electron chi connectivity index (χ4n) is 6.69. The van der Waals surface area contributed by atoms with Crippen molar-refractivity contribution in [2.45, 2.75) is 18.9 Å². The number of rotatable bonds is 5. The van der Waals surface area contributed by atoms with Crippen molar-refractivity contribution < 1.29 is 0 Å². The zero-order chi connectivity index (χ0) is 29.5. The van der Waals surface area contributed by atoms with Crippen LogP contribution in [-0.2, 0) is 6.42 Å². The molecule has 210 valence electrons. The third kappa shape index (κ3) is 4.47. The highest BCUT2D eigenvalue weighted by Crippen LogP contribution is 2.39. The number of aryl methyl sites for hydroxylation is 1. The summed E-state index contributed by atoms with van der Waals surface area (Å²) in [6.45, 7) is 4.11. The molecule has 0 saturated heterocycles. The maximum atomic E-state index is 5.20. The molecule has 2 unspecified atom stereocenters. The molecule has 2 aliphatic carbocycles. The maximum Gasteiger partial charge on any atom is 0.102 e. The number of fused-ring (bicyclic) bond motifs is 8. The van der Waals surface area contributed by atoms with Crippen molar-refractivity contribution in [2.75, 3.05) is 0 Å². The van der Waals surface area contributed by atoms with Gasteiger partial charge in [-0.3, -0.25) is 15.0 Å². The van der Waals surface area contributed by atoms with Crippen molar-refractivity contribution >= 4 is 51.8 Å². The Bertz CT molecular complexity index is 2160. The average molecular weight is 567 g/mol. The van der Waals surface area contributed by atoms with Gasteiger partial charge < -0.3 is 0 Å². The highest BCUT2D eigenvalue weighted by atomic mass is 14.9. The number of aliphatic imine (C=N–C) groups is 2. The number of hydrogen-bond acceptors (Lipinski definition) is 4. The minimum Gasteiger partial charge on any atom is -0.282 e. The number of allylic oxidation sites excluding steroid dienone is 4. The first-order valence-corrected chi connectivity index (χ1v) is 15.1. The van der Waals surface area contributed by atoms with E-state index in [2.05, 4.69) is 108 Å². The second-order valence-electron chi connectivity index (χ2n) is 11.4. The Morgan fingerprint density at radius 2 is 1.91 bits per heavy atom. The quantitative estimate of drug-likeness (QED) is 0.121. The molecule has 0 bridgehead atoms. The highest BCUT2D eigenvalue weighted by molar-refractivity contribution is 6.13. The molecule has 0 fully saturated rings. The lowest BCUT2D eigenvalue weighted by molar-refractivity contribution is 0.594. The molecule has 4 nitrogen and oxygen atoms in total. The number of hydrogen-bond donors (Lipinski definition) is 0. The van der Waals surface area contributed by atoms with Crippen LogP contribution >= 0.6 is 0 Å². The van der Waals surface area contributed by atoms with E-state index in [1.807, 2.05) is 43.0 Å². The summed E-state index contributed by atoms with van der Waals surface area (Å²) in [5.74, 6) is 0.253. The van der Waals surface area contributed by atoms with Crippen molar-refractivity contribution in [1.82, 2.24) is 9.97 Å². The fraction of sp³-hybridized carbons (Fsp3) is 0.100. The van der Waals surface area contributed by atoms with Gasteiger partial charge in [0, 0.05) is 58.2 Å². The first-order chi connectivity index (χ1) is 21.8. The van der Waals surface area contributed by atoms with Gasteiger partial charge in [0.2, 0.25) is 0 Å². The normalized spacial score (nSPS) is 18.5. The van der Waals surface area contributed by atoms with E-state index in [4.69, 9.17) is 9.98 Å². The standard InChI is InChI=1S/C40H30N4/c1-2-26(24-41-25-31-20-22-43-40-33(31)18-17-28-12-8-21-42-39(28)40)29-10-7-11-30(23-29)38-35-19-16-27-9-3-4-13-32(27)37(35)34-14-5-6-15-36(34)44-38/h2-3,5-12,14-25,28,39H,1,4,13H2/b26-24+,41-25+. The minimum absolute atomic E-state index is 0.0251. The Kier molecular flexibility index (Phi) is 6.53. The third-order valence-corrected chi connectivity index (χ3v) is 8.84. The molecule has 0 radical (unpaired) electrons. The van der Waals surface area contributed by atoms with Crippen LogP contribution in [0.5, 0.6) is 0 Å². The molecule has 3 aliphatic rings. The Hall–Kier alpha value is -5.48. The van der Waals surface area contributed by atoms with Crippen LogP contribution in [-0.4, -0.2) is 22.4 Å². The summed E-state index contributed by atoms with van der Waals surface area (Å²) in [6, 6.07) is 23.6. The van der Waals surface area contributed by atoms with Crippen molar-refractivity contribution in [1.29, 1.82) is 0 Å². The van der Waals surface area contributed by atoms with Gasteiger partial charge in [0.1, 0.15) is 6.04 Å². The number of benzene rings is 3. The first kappa shape index (κ1) is 26.2. The van der Waals surface area contributed by atoms with Gasteiger partial charge in [0.05, 0.1) is 16.9 Å². The molecule has 4 heteroatoms. The molecule has 0 amide bonds. The molecule has 8 rings (SSSR count). The smallest absolute Gasteiger partial charge is 0.102 e. The fourth-order valence-corrected chi connectivity index (χ4v) is 6.69. The molecule has 3 heterocycles. The highest BCUT2D eigenvalue weighted by Gasteiger charge is 2.27. The van der Waals surface area contributed by atoms with Gasteiger partial charge in [-0.2, -0.15) is 0 Å². The lowest BCUT2D eigenvalue weighted by Gasteiger charge is -2.26. The summed E-state index contributed by atoms with van der Waals surface area (Å²) in [6.07, 6.45) is 24.5. The van der Waals surface area contributed by atoms with Gasteiger partial charge in [-0.05, 0) is 64.8 Å². The maximum absolute atomic E-state index is 5.20. The number of aromatic nitrogens is 2. The molecule has 44 heavy (non-hydrogen) atoms. The van der Waals surface area contributed by atoms with Crippen LogP contribution in [0.4, 0.5) is 0 Å². The van der Waals surface area contributed by atoms with Crippen LogP contribution in [0.1, 0.15) is 46.0 Å². The van der Waals surface area contributed by atoms with Gasteiger partial charge in [0.25, 0.3) is 0 Å². The molecule has 1 aliphatic heterocycles. The number of para-hydroxylation sites is 1. The van der Waals surface area contributed by atoms with E-state index in [1.165, 1.54) is 27.3 Å². The zero-order valence-corrected chi connectivity index (χ0v) is 24.3. The lowest BCUT2D eigenvalue weighted by atomic mass is 9.85. The zero-order valence-electron chi connectivity index (χ0n) is 24.3. The first-order valence-electron chi connectivity index (χ1n) is 15.1. The molecule has 0 saturated carbocycles. The largest absolute Gasteiger partial charge is 0.282 e. The van der Waals surface area contributed by atoms with Crippen LogP contribution in [0.15, 0.2) is 126 Å². The van der Waals surface area contributed by atoms with Crippen LogP contribution in [0.3, 0.4) is 0 Å².